The van der Waals surface area contributed by atoms with E-state index >= 15 is 0 Å². The molecule has 1 N–H and O–H groups in total. The molecule has 2 aliphatic carbocycles. The molecule has 0 amide bonds. The number of aromatic nitrogens is 1. The molecule has 1 aromatic carbocycles. The fraction of sp³-hybridized carbons (Fsp3) is 0.389. The van der Waals surface area contributed by atoms with Crippen LogP contribution < -0.4 is 0 Å². The second kappa shape index (κ2) is 6.40. The summed E-state index contributed by atoms with van der Waals surface area (Å²) in [6, 6.07) is 9.15. The second-order valence-electron chi connectivity index (χ2n) is 6.76. The topological polar surface area (TPSA) is 76.4 Å². The Kier molecular flexibility index (Phi) is 4.85. The summed E-state index contributed by atoms with van der Waals surface area (Å²) < 4.78 is 1.20. The van der Waals surface area contributed by atoms with Gasteiger partial charge in [0.05, 0.1) is 5.52 Å². The molecule has 0 aliphatic heterocycles. The van der Waals surface area contributed by atoms with Gasteiger partial charge in [-0.1, -0.05) is 32.0 Å². The molecular weight excluding hydrogens is 330 g/mol. The normalized spacial score (nSPS) is 23.6. The van der Waals surface area contributed by atoms with Crippen molar-refractivity contribution in [3.8, 4) is 0 Å². The number of ketones is 2. The van der Waals surface area contributed by atoms with E-state index in [1.807, 2.05) is 32.0 Å². The maximum Gasteiger partial charge on any atom is 0.415 e. The molecule has 2 unspecified atom stereocenters. The van der Waals surface area contributed by atoms with Gasteiger partial charge in [-0.25, -0.2) is 4.79 Å². The summed E-state index contributed by atoms with van der Waals surface area (Å²) >= 11 is 0. The van der Waals surface area contributed by atoms with Crippen LogP contribution in [0, 0.1) is 17.3 Å². The van der Waals surface area contributed by atoms with Crippen molar-refractivity contribution in [1.29, 1.82) is 0 Å². The maximum atomic E-state index is 11.2. The Bertz CT molecular complexity index is 784. The van der Waals surface area contributed by atoms with Gasteiger partial charge in [0.2, 0.25) is 11.6 Å². The Morgan fingerprint density at radius 3 is 2.08 bits per heavy atom. The van der Waals surface area contributed by atoms with Crippen molar-refractivity contribution in [2.45, 2.75) is 26.7 Å². The lowest BCUT2D eigenvalue weighted by Crippen LogP contribution is -2.20. The first-order valence-electron chi connectivity index (χ1n) is 7.71. The van der Waals surface area contributed by atoms with Crippen molar-refractivity contribution < 1.29 is 19.5 Å². The molecule has 2 fully saturated rings. The lowest BCUT2D eigenvalue weighted by molar-refractivity contribution is -0.138. The van der Waals surface area contributed by atoms with Gasteiger partial charge in [-0.15, -0.1) is 12.4 Å². The van der Waals surface area contributed by atoms with Gasteiger partial charge in [0.15, 0.2) is 0 Å². The van der Waals surface area contributed by atoms with Crippen LogP contribution in [0.15, 0.2) is 36.5 Å². The van der Waals surface area contributed by atoms with Crippen molar-refractivity contribution in [3.63, 3.8) is 0 Å². The molecule has 0 saturated heterocycles. The van der Waals surface area contributed by atoms with E-state index in [1.54, 1.807) is 18.3 Å². The van der Waals surface area contributed by atoms with Gasteiger partial charge in [0, 0.05) is 23.4 Å². The Hall–Kier alpha value is -2.14. The minimum atomic E-state index is -0.948. The third kappa shape index (κ3) is 2.73. The highest BCUT2D eigenvalue weighted by molar-refractivity contribution is 6.41. The number of nitrogens with zero attached hydrogens (tertiary/aromatic N) is 1. The van der Waals surface area contributed by atoms with E-state index in [0.717, 1.165) is 23.7 Å². The van der Waals surface area contributed by atoms with E-state index < -0.39 is 6.09 Å². The Morgan fingerprint density at radius 1 is 1.08 bits per heavy atom. The van der Waals surface area contributed by atoms with E-state index in [-0.39, 0.29) is 41.2 Å². The van der Waals surface area contributed by atoms with Crippen LogP contribution in [0.1, 0.15) is 26.7 Å². The molecule has 6 heteroatoms. The average Bonchev–Trinajstić information content (AvgIpc) is 3.10. The molecule has 2 bridgehead atoms. The smallest absolute Gasteiger partial charge is 0.415 e. The van der Waals surface area contributed by atoms with Crippen LogP contribution in [0.2, 0.25) is 0 Å². The summed E-state index contributed by atoms with van der Waals surface area (Å²) in [6.07, 6.45) is 2.47. The van der Waals surface area contributed by atoms with Crippen molar-refractivity contribution in [3.05, 3.63) is 36.5 Å². The van der Waals surface area contributed by atoms with Crippen LogP contribution in [0.3, 0.4) is 0 Å². The number of halogens is 1. The fourth-order valence-corrected chi connectivity index (χ4v) is 3.85. The lowest BCUT2D eigenvalue weighted by atomic mass is 9.82. The molecule has 2 aromatic rings. The first-order chi connectivity index (χ1) is 10.8. The number of hydrogen-bond donors (Lipinski definition) is 1. The zero-order chi connectivity index (χ0) is 16.8. The number of carbonyl (C=O) groups excluding carboxylic acids is 2. The molecule has 0 radical (unpaired) electrons. The first-order valence-corrected chi connectivity index (χ1v) is 7.71. The third-order valence-corrected chi connectivity index (χ3v) is 5.22. The molecule has 1 aromatic heterocycles. The highest BCUT2D eigenvalue weighted by atomic mass is 35.5. The van der Waals surface area contributed by atoms with Crippen molar-refractivity contribution in [2.24, 2.45) is 17.3 Å². The van der Waals surface area contributed by atoms with Gasteiger partial charge in [-0.2, -0.15) is 0 Å². The summed E-state index contributed by atoms with van der Waals surface area (Å²) in [5.41, 5.74) is 0.693. The van der Waals surface area contributed by atoms with Gasteiger partial charge in [0.25, 0.3) is 0 Å². The molecule has 24 heavy (non-hydrogen) atoms. The summed E-state index contributed by atoms with van der Waals surface area (Å²) in [5, 5.41) is 9.68. The number of hydrogen-bond acceptors (Lipinski definition) is 3. The van der Waals surface area contributed by atoms with Gasteiger partial charge in [-0.05, 0) is 30.4 Å². The van der Waals surface area contributed by atoms with Crippen molar-refractivity contribution in [1.82, 2.24) is 4.57 Å². The van der Waals surface area contributed by atoms with Crippen LogP contribution in [0.5, 0.6) is 0 Å². The van der Waals surface area contributed by atoms with Gasteiger partial charge >= 0.3 is 6.09 Å². The van der Waals surface area contributed by atoms with E-state index in [4.69, 9.17) is 5.11 Å². The van der Waals surface area contributed by atoms with Crippen LogP contribution >= 0.6 is 12.4 Å². The quantitative estimate of drug-likeness (QED) is 0.734. The van der Waals surface area contributed by atoms with Crippen LogP contribution in [-0.4, -0.2) is 27.3 Å². The molecule has 2 atom stereocenters. The highest BCUT2D eigenvalue weighted by Gasteiger charge is 2.58. The predicted molar refractivity (Wildman–Crippen MR) is 92.6 cm³/mol. The maximum absolute atomic E-state index is 11.2. The van der Waals surface area contributed by atoms with Crippen LogP contribution in [0.4, 0.5) is 4.79 Å². The molecule has 2 aliphatic rings. The van der Waals surface area contributed by atoms with Crippen molar-refractivity contribution in [2.75, 3.05) is 0 Å². The second-order valence-corrected chi connectivity index (χ2v) is 6.76. The zero-order valence-corrected chi connectivity index (χ0v) is 14.4. The van der Waals surface area contributed by atoms with Crippen LogP contribution in [0.25, 0.3) is 10.9 Å². The standard InChI is InChI=1S/C9H7NO2.C9H12O2.ClH/c11-9(12)10-6-5-7-3-1-2-4-8(7)10;1-9(2)5-3-4-6(9)8(11)7(5)10;/h1-6H,(H,11,12);5-6H,3-4H2,1-2H3;1H. The zero-order valence-electron chi connectivity index (χ0n) is 13.6. The lowest BCUT2D eigenvalue weighted by Gasteiger charge is -2.20. The average molecular weight is 350 g/mol. The summed E-state index contributed by atoms with van der Waals surface area (Å²) in [4.78, 5) is 33.1. The number of fused-ring (bicyclic) bond motifs is 3. The number of carboxylic acid groups (broad SMARTS) is 1. The predicted octanol–water partition coefficient (Wildman–Crippen LogP) is 3.78. The largest absolute Gasteiger partial charge is 0.464 e. The molecule has 4 rings (SSSR count). The number of Topliss-reactive ketones (excluding diaryl/α,β-unsaturated/α-hetero) is 2. The van der Waals surface area contributed by atoms with Gasteiger partial charge < -0.3 is 5.11 Å². The molecule has 0 spiro atoms. The number of benzene rings is 1. The Balaban J connectivity index is 0.000000167. The molecule has 2 saturated carbocycles. The minimum Gasteiger partial charge on any atom is -0.464 e. The molecular formula is C18H20ClNO4. The minimum absolute atomic E-state index is 0. The number of rotatable bonds is 0. The van der Waals surface area contributed by atoms with E-state index in [9.17, 15) is 14.4 Å². The first kappa shape index (κ1) is 18.2. The van der Waals surface area contributed by atoms with E-state index in [2.05, 4.69) is 0 Å². The fourth-order valence-electron chi connectivity index (χ4n) is 3.85. The summed E-state index contributed by atoms with van der Waals surface area (Å²) in [5.74, 6) is -0.127. The van der Waals surface area contributed by atoms with E-state index in [1.165, 1.54) is 4.57 Å². The number of carbonyl (C=O) groups is 3. The molecule has 1 heterocycles. The number of para-hydroxylation sites is 1. The summed E-state index contributed by atoms with van der Waals surface area (Å²) in [7, 11) is 0. The summed E-state index contributed by atoms with van der Waals surface area (Å²) in [6.45, 7) is 4.08. The monoisotopic (exact) mass is 349 g/mol. The third-order valence-electron chi connectivity index (χ3n) is 5.22. The van der Waals surface area contributed by atoms with Gasteiger partial charge in [0.1, 0.15) is 0 Å². The van der Waals surface area contributed by atoms with Crippen LogP contribution in [-0.2, 0) is 9.59 Å². The highest BCUT2D eigenvalue weighted by Crippen LogP contribution is 2.53. The Labute approximate surface area is 146 Å². The Morgan fingerprint density at radius 2 is 1.62 bits per heavy atom. The molecule has 128 valence electrons. The van der Waals surface area contributed by atoms with E-state index in [0.29, 0.717) is 0 Å². The molecule has 5 nitrogen and oxygen atoms in total. The van der Waals surface area contributed by atoms with Crippen molar-refractivity contribution >= 4 is 41.0 Å². The SMILES string of the molecule is CC1(C)C2CCC1C(=O)C2=O.Cl.O=C(O)n1ccc2ccccc21. The van der Waals surface area contributed by atoms with Gasteiger partial charge in [-0.3, -0.25) is 14.2 Å².